The van der Waals surface area contributed by atoms with Crippen LogP contribution in [0.2, 0.25) is 5.02 Å². The molecular weight excluding hydrogens is 392 g/mol. The number of carbonyl (C=O) groups is 1. The second-order valence-electron chi connectivity index (χ2n) is 7.70. The molecule has 0 radical (unpaired) electrons. The molecule has 2 aromatic rings. The smallest absolute Gasteiger partial charge is 0.233 e. The van der Waals surface area contributed by atoms with Crippen molar-refractivity contribution in [2.75, 3.05) is 0 Å². The first-order valence-electron chi connectivity index (χ1n) is 10.1. The van der Waals surface area contributed by atoms with Crippen molar-refractivity contribution in [1.82, 2.24) is 20.1 Å². The van der Waals surface area contributed by atoms with Crippen LogP contribution in [0.15, 0.2) is 29.4 Å². The fourth-order valence-corrected chi connectivity index (χ4v) is 4.82. The van der Waals surface area contributed by atoms with Gasteiger partial charge >= 0.3 is 0 Å². The molecule has 0 spiro atoms. The number of nitrogens with one attached hydrogen (secondary N) is 1. The minimum Gasteiger partial charge on any atom is -0.352 e. The van der Waals surface area contributed by atoms with Crippen molar-refractivity contribution < 1.29 is 4.79 Å². The Kier molecular flexibility index (Phi) is 7.05. The van der Waals surface area contributed by atoms with Gasteiger partial charge in [0.1, 0.15) is 0 Å². The molecule has 152 valence electrons. The van der Waals surface area contributed by atoms with Crippen molar-refractivity contribution in [3.63, 3.8) is 0 Å². The highest BCUT2D eigenvalue weighted by Crippen LogP contribution is 2.31. The van der Waals surface area contributed by atoms with Gasteiger partial charge in [-0.1, -0.05) is 50.1 Å². The number of nitrogens with zero attached hydrogens (tertiary/aromatic N) is 3. The molecule has 0 saturated heterocycles. The number of carbonyl (C=O) groups excluding carboxylic acids is 1. The molecule has 1 saturated carbocycles. The molecule has 0 aliphatic heterocycles. The lowest BCUT2D eigenvalue weighted by atomic mass is 9.78. The number of benzene rings is 1. The van der Waals surface area contributed by atoms with E-state index in [1.807, 2.05) is 35.8 Å². The molecule has 0 unspecified atom stereocenters. The van der Waals surface area contributed by atoms with Crippen molar-refractivity contribution in [3.8, 4) is 11.4 Å². The van der Waals surface area contributed by atoms with E-state index < -0.39 is 0 Å². The Morgan fingerprint density at radius 1 is 1.29 bits per heavy atom. The summed E-state index contributed by atoms with van der Waals surface area (Å²) in [4.78, 5) is 12.8. The molecule has 1 heterocycles. The number of rotatable bonds is 6. The number of amides is 1. The Balaban J connectivity index is 1.69. The van der Waals surface area contributed by atoms with Gasteiger partial charge in [0.15, 0.2) is 11.0 Å². The molecule has 3 rings (SSSR count). The van der Waals surface area contributed by atoms with E-state index in [-0.39, 0.29) is 17.2 Å². The van der Waals surface area contributed by atoms with Crippen molar-refractivity contribution in [2.24, 2.45) is 11.8 Å². The van der Waals surface area contributed by atoms with E-state index in [1.165, 1.54) is 24.6 Å². The zero-order valence-electron chi connectivity index (χ0n) is 17.0. The topological polar surface area (TPSA) is 59.8 Å². The predicted octanol–water partition coefficient (Wildman–Crippen LogP) is 5.04. The highest BCUT2D eigenvalue weighted by atomic mass is 35.5. The summed E-state index contributed by atoms with van der Waals surface area (Å²) in [6.45, 7) is 9.26. The molecule has 1 N–H and O–H groups in total. The van der Waals surface area contributed by atoms with Crippen LogP contribution >= 0.6 is 23.4 Å². The largest absolute Gasteiger partial charge is 0.352 e. The van der Waals surface area contributed by atoms with Crippen LogP contribution in [0.4, 0.5) is 0 Å². The van der Waals surface area contributed by atoms with Crippen LogP contribution in [0.3, 0.4) is 0 Å². The van der Waals surface area contributed by atoms with E-state index >= 15 is 0 Å². The summed E-state index contributed by atoms with van der Waals surface area (Å²) in [6.07, 6.45) is 3.51. The maximum atomic E-state index is 12.8. The Morgan fingerprint density at radius 3 is 2.68 bits per heavy atom. The van der Waals surface area contributed by atoms with E-state index in [2.05, 4.69) is 36.3 Å². The highest BCUT2D eigenvalue weighted by Gasteiger charge is 2.30. The molecule has 1 aromatic heterocycles. The average Bonchev–Trinajstić information content (AvgIpc) is 3.08. The third-order valence-corrected chi connectivity index (χ3v) is 7.15. The van der Waals surface area contributed by atoms with Crippen LogP contribution in [0.25, 0.3) is 11.4 Å². The Labute approximate surface area is 176 Å². The van der Waals surface area contributed by atoms with Crippen LogP contribution in [-0.2, 0) is 11.3 Å². The third-order valence-electron chi connectivity index (χ3n) is 5.82. The summed E-state index contributed by atoms with van der Waals surface area (Å²) in [5.74, 6) is 2.05. The lowest BCUT2D eigenvalue weighted by Crippen LogP contribution is -2.46. The first-order valence-corrected chi connectivity index (χ1v) is 11.3. The van der Waals surface area contributed by atoms with Crippen LogP contribution in [-0.4, -0.2) is 32.0 Å². The zero-order valence-corrected chi connectivity index (χ0v) is 18.6. The van der Waals surface area contributed by atoms with Gasteiger partial charge in [-0.15, -0.1) is 10.2 Å². The van der Waals surface area contributed by atoms with E-state index in [1.54, 1.807) is 0 Å². The molecule has 1 fully saturated rings. The van der Waals surface area contributed by atoms with Crippen molar-refractivity contribution >= 4 is 29.3 Å². The molecule has 1 aliphatic carbocycles. The monoisotopic (exact) mass is 420 g/mol. The Morgan fingerprint density at radius 2 is 2.00 bits per heavy atom. The predicted molar refractivity (Wildman–Crippen MR) is 116 cm³/mol. The first-order chi connectivity index (χ1) is 13.4. The Hall–Kier alpha value is -1.53. The van der Waals surface area contributed by atoms with Gasteiger partial charge in [-0.3, -0.25) is 4.79 Å². The first kappa shape index (κ1) is 21.2. The molecular formula is C21H29ClN4OS. The Bertz CT molecular complexity index is 807. The highest BCUT2D eigenvalue weighted by molar-refractivity contribution is 8.00. The van der Waals surface area contributed by atoms with Gasteiger partial charge < -0.3 is 9.88 Å². The number of aromatic nitrogens is 3. The summed E-state index contributed by atoms with van der Waals surface area (Å²) in [5.41, 5.74) is 0.965. The van der Waals surface area contributed by atoms with E-state index in [0.29, 0.717) is 16.9 Å². The van der Waals surface area contributed by atoms with Crippen molar-refractivity contribution in [3.05, 3.63) is 29.3 Å². The number of halogens is 1. The van der Waals surface area contributed by atoms with Gasteiger partial charge in [-0.05, 0) is 56.4 Å². The van der Waals surface area contributed by atoms with E-state index in [4.69, 9.17) is 11.6 Å². The second kappa shape index (κ2) is 9.31. The van der Waals surface area contributed by atoms with Crippen LogP contribution in [0.1, 0.15) is 47.0 Å². The molecule has 1 aliphatic rings. The molecule has 1 aromatic carbocycles. The minimum absolute atomic E-state index is 0.0784. The molecule has 4 atom stereocenters. The minimum atomic E-state index is -0.225. The van der Waals surface area contributed by atoms with Crippen LogP contribution in [0.5, 0.6) is 0 Å². The lowest BCUT2D eigenvalue weighted by molar-refractivity contribution is -0.121. The summed E-state index contributed by atoms with van der Waals surface area (Å²) >= 11 is 7.45. The van der Waals surface area contributed by atoms with Gasteiger partial charge in [-0.2, -0.15) is 0 Å². The number of thioether (sulfide) groups is 1. The van der Waals surface area contributed by atoms with Gasteiger partial charge in [0, 0.05) is 23.2 Å². The summed E-state index contributed by atoms with van der Waals surface area (Å²) in [6, 6.07) is 7.85. The van der Waals surface area contributed by atoms with E-state index in [9.17, 15) is 4.79 Å². The fraction of sp³-hybridized carbons (Fsp3) is 0.571. The number of hydrogen-bond donors (Lipinski definition) is 1. The second-order valence-corrected chi connectivity index (χ2v) is 9.44. The normalized spacial score (nSPS) is 23.4. The van der Waals surface area contributed by atoms with Crippen LogP contribution < -0.4 is 5.32 Å². The molecule has 7 heteroatoms. The maximum absolute atomic E-state index is 12.8. The standard InChI is InChI=1S/C21H29ClN4OS/c1-5-26-19(16-9-11-17(22)12-10-16)24-25-21(26)28-15(4)20(27)23-18-8-6-7-13(2)14(18)3/h9-15,18H,5-8H2,1-4H3,(H,23,27)/t13-,14-,15-,18+/m0/s1. The van der Waals surface area contributed by atoms with Crippen molar-refractivity contribution in [2.45, 2.75) is 70.0 Å². The van der Waals surface area contributed by atoms with Gasteiger partial charge in [0.2, 0.25) is 5.91 Å². The zero-order chi connectivity index (χ0) is 20.3. The fourth-order valence-electron chi connectivity index (χ4n) is 3.77. The van der Waals surface area contributed by atoms with Gasteiger partial charge in [0.05, 0.1) is 5.25 Å². The SMILES string of the molecule is CCn1c(S[C@@H](C)C(=O)N[C@@H]2CCC[C@H](C)[C@@H]2C)nnc1-c1ccc(Cl)cc1. The summed E-state index contributed by atoms with van der Waals surface area (Å²) in [7, 11) is 0. The molecule has 5 nitrogen and oxygen atoms in total. The maximum Gasteiger partial charge on any atom is 0.233 e. The lowest BCUT2D eigenvalue weighted by Gasteiger charge is -2.35. The van der Waals surface area contributed by atoms with Gasteiger partial charge in [-0.25, -0.2) is 0 Å². The molecule has 1 amide bonds. The quantitative estimate of drug-likeness (QED) is 0.665. The average molecular weight is 421 g/mol. The molecule has 28 heavy (non-hydrogen) atoms. The summed E-state index contributed by atoms with van der Waals surface area (Å²) < 4.78 is 2.04. The summed E-state index contributed by atoms with van der Waals surface area (Å²) in [5, 5.41) is 13.2. The third kappa shape index (κ3) is 4.71. The van der Waals surface area contributed by atoms with Crippen LogP contribution in [0, 0.1) is 11.8 Å². The molecule has 0 bridgehead atoms. The number of hydrogen-bond acceptors (Lipinski definition) is 4. The van der Waals surface area contributed by atoms with Gasteiger partial charge in [0.25, 0.3) is 0 Å². The van der Waals surface area contributed by atoms with E-state index in [0.717, 1.165) is 29.5 Å². The van der Waals surface area contributed by atoms with Crippen molar-refractivity contribution in [1.29, 1.82) is 0 Å².